The fourth-order valence-electron chi connectivity index (χ4n) is 2.40. The Hall–Kier alpha value is -2.08. The van der Waals surface area contributed by atoms with E-state index in [0.717, 1.165) is 12.8 Å². The van der Waals surface area contributed by atoms with E-state index in [-0.39, 0.29) is 23.2 Å². The monoisotopic (exact) mass is 407 g/mol. The first-order valence-electron chi connectivity index (χ1n) is 8.08. The highest BCUT2D eigenvalue weighted by molar-refractivity contribution is 9.09. The molecule has 1 N–H and O–H groups in total. The van der Waals surface area contributed by atoms with Crippen molar-refractivity contribution in [1.29, 1.82) is 0 Å². The molecular formula is C19H19BrFNO3. The normalized spacial score (nSPS) is 14.7. The maximum atomic E-state index is 13.7. The Labute approximate surface area is 154 Å². The minimum atomic E-state index is -0.451. The van der Waals surface area contributed by atoms with Crippen LogP contribution < -0.4 is 14.8 Å². The van der Waals surface area contributed by atoms with Crippen molar-refractivity contribution in [1.82, 2.24) is 5.32 Å². The van der Waals surface area contributed by atoms with Gasteiger partial charge < -0.3 is 14.8 Å². The summed E-state index contributed by atoms with van der Waals surface area (Å²) in [5.41, 5.74) is 1.16. The third-order valence-electron chi connectivity index (χ3n) is 4.01. The molecule has 25 heavy (non-hydrogen) atoms. The summed E-state index contributed by atoms with van der Waals surface area (Å²) in [6.45, 7) is 0.230. The van der Waals surface area contributed by atoms with Gasteiger partial charge in [-0.2, -0.15) is 0 Å². The zero-order valence-electron chi connectivity index (χ0n) is 13.8. The van der Waals surface area contributed by atoms with Gasteiger partial charge in [0, 0.05) is 18.0 Å². The van der Waals surface area contributed by atoms with Crippen molar-refractivity contribution in [3.05, 3.63) is 59.4 Å². The van der Waals surface area contributed by atoms with Crippen LogP contribution in [-0.4, -0.2) is 18.0 Å². The third kappa shape index (κ3) is 4.72. The van der Waals surface area contributed by atoms with Gasteiger partial charge in [0.05, 0.1) is 7.11 Å². The molecule has 1 aliphatic carbocycles. The fraction of sp³-hybridized carbons (Fsp3) is 0.316. The molecule has 3 rings (SSSR count). The van der Waals surface area contributed by atoms with Gasteiger partial charge in [0.25, 0.3) is 5.91 Å². The van der Waals surface area contributed by atoms with E-state index in [9.17, 15) is 9.18 Å². The Morgan fingerprint density at radius 2 is 2.12 bits per heavy atom. The summed E-state index contributed by atoms with van der Waals surface area (Å²) in [5.74, 6) is 0.687. The van der Waals surface area contributed by atoms with Crippen LogP contribution in [0.5, 0.6) is 11.5 Å². The SMILES string of the molecule is COc1ccc(CNC(=O)c2cccc(O[C@@H](Br)C3CC3)c2)cc1F. The van der Waals surface area contributed by atoms with E-state index in [2.05, 4.69) is 21.2 Å². The number of hydrogen-bond acceptors (Lipinski definition) is 3. The molecule has 1 amide bonds. The molecule has 132 valence electrons. The molecular weight excluding hydrogens is 389 g/mol. The minimum absolute atomic E-state index is 0.0203. The number of ether oxygens (including phenoxy) is 2. The predicted molar refractivity (Wildman–Crippen MR) is 96.6 cm³/mol. The van der Waals surface area contributed by atoms with Gasteiger partial charge in [0.2, 0.25) is 0 Å². The summed E-state index contributed by atoms with van der Waals surface area (Å²) in [5, 5.41) is 2.76. The molecule has 1 fully saturated rings. The highest BCUT2D eigenvalue weighted by Crippen LogP contribution is 2.37. The Morgan fingerprint density at radius 3 is 2.80 bits per heavy atom. The Bertz CT molecular complexity index is 764. The number of amides is 1. The number of halogens is 2. The summed E-state index contributed by atoms with van der Waals surface area (Å²) in [7, 11) is 1.41. The molecule has 1 atom stereocenters. The highest BCUT2D eigenvalue weighted by atomic mass is 79.9. The first-order chi connectivity index (χ1) is 12.1. The summed E-state index contributed by atoms with van der Waals surface area (Å²) < 4.78 is 24.4. The van der Waals surface area contributed by atoms with Gasteiger partial charge in [-0.05, 0) is 64.7 Å². The van der Waals surface area contributed by atoms with Crippen molar-refractivity contribution < 1.29 is 18.7 Å². The van der Waals surface area contributed by atoms with Gasteiger partial charge in [-0.1, -0.05) is 12.1 Å². The highest BCUT2D eigenvalue weighted by Gasteiger charge is 2.31. The van der Waals surface area contributed by atoms with E-state index >= 15 is 0 Å². The smallest absolute Gasteiger partial charge is 0.251 e. The lowest BCUT2D eigenvalue weighted by molar-refractivity contribution is 0.0950. The van der Waals surface area contributed by atoms with Gasteiger partial charge in [-0.3, -0.25) is 4.79 Å². The summed E-state index contributed by atoms with van der Waals surface area (Å²) >= 11 is 3.51. The molecule has 0 spiro atoms. The molecule has 6 heteroatoms. The molecule has 1 saturated carbocycles. The number of carbonyl (C=O) groups is 1. The molecule has 0 aliphatic heterocycles. The van der Waals surface area contributed by atoms with Crippen LogP contribution in [0.1, 0.15) is 28.8 Å². The number of carbonyl (C=O) groups excluding carboxylic acids is 1. The van der Waals surface area contributed by atoms with Crippen LogP contribution in [0, 0.1) is 11.7 Å². The lowest BCUT2D eigenvalue weighted by Gasteiger charge is -2.13. The summed E-state index contributed by atoms with van der Waals surface area (Å²) in [6, 6.07) is 11.6. The van der Waals surface area contributed by atoms with Crippen molar-refractivity contribution in [2.24, 2.45) is 5.92 Å². The maximum Gasteiger partial charge on any atom is 0.251 e. The first-order valence-corrected chi connectivity index (χ1v) is 9.00. The average Bonchev–Trinajstić information content (AvgIpc) is 3.45. The van der Waals surface area contributed by atoms with Crippen molar-refractivity contribution >= 4 is 21.8 Å². The van der Waals surface area contributed by atoms with E-state index in [1.54, 1.807) is 30.3 Å². The third-order valence-corrected chi connectivity index (χ3v) is 4.94. The summed E-state index contributed by atoms with van der Waals surface area (Å²) in [6.07, 6.45) is 2.32. The molecule has 4 nitrogen and oxygen atoms in total. The lowest BCUT2D eigenvalue weighted by atomic mass is 10.1. The van der Waals surface area contributed by atoms with Crippen LogP contribution in [-0.2, 0) is 6.54 Å². The van der Waals surface area contributed by atoms with Gasteiger partial charge in [-0.25, -0.2) is 4.39 Å². The van der Waals surface area contributed by atoms with E-state index in [1.165, 1.54) is 13.2 Å². The second-order valence-electron chi connectivity index (χ2n) is 5.99. The largest absolute Gasteiger partial charge is 0.494 e. The number of benzene rings is 2. The van der Waals surface area contributed by atoms with Crippen molar-refractivity contribution in [3.63, 3.8) is 0 Å². The topological polar surface area (TPSA) is 47.6 Å². The number of methoxy groups -OCH3 is 1. The molecule has 0 saturated heterocycles. The molecule has 0 bridgehead atoms. The van der Waals surface area contributed by atoms with Crippen molar-refractivity contribution in [2.45, 2.75) is 24.4 Å². The van der Waals surface area contributed by atoms with Crippen LogP contribution in [0.25, 0.3) is 0 Å². The second kappa shape index (κ2) is 7.87. The molecule has 1 aliphatic rings. The molecule has 0 unspecified atom stereocenters. The zero-order chi connectivity index (χ0) is 17.8. The van der Waals surface area contributed by atoms with Crippen LogP contribution >= 0.6 is 15.9 Å². The molecule has 0 aromatic heterocycles. The van der Waals surface area contributed by atoms with Crippen molar-refractivity contribution in [3.8, 4) is 11.5 Å². The Kier molecular flexibility index (Phi) is 5.58. The van der Waals surface area contributed by atoms with Gasteiger partial charge >= 0.3 is 0 Å². The standard InChI is InChI=1S/C19H19BrFNO3/c1-24-17-8-5-12(9-16(17)21)11-22-19(23)14-3-2-4-15(10-14)25-18(20)13-6-7-13/h2-5,8-10,13,18H,6-7,11H2,1H3,(H,22,23)/t18-/m1/s1. The molecule has 0 heterocycles. The number of hydrogen-bond donors (Lipinski definition) is 1. The molecule has 2 aromatic rings. The fourth-order valence-corrected chi connectivity index (χ4v) is 3.14. The van der Waals surface area contributed by atoms with Crippen molar-refractivity contribution in [2.75, 3.05) is 7.11 Å². The van der Waals surface area contributed by atoms with Crippen LogP contribution in [0.2, 0.25) is 0 Å². The van der Waals surface area contributed by atoms with Gasteiger partial charge in [0.15, 0.2) is 16.6 Å². The van der Waals surface area contributed by atoms with Crippen LogP contribution in [0.4, 0.5) is 4.39 Å². The zero-order valence-corrected chi connectivity index (χ0v) is 15.4. The number of rotatable bonds is 7. The quantitative estimate of drug-likeness (QED) is 0.696. The van der Waals surface area contributed by atoms with Gasteiger partial charge in [-0.15, -0.1) is 0 Å². The maximum absolute atomic E-state index is 13.7. The second-order valence-corrected chi connectivity index (χ2v) is 6.89. The average molecular weight is 408 g/mol. The predicted octanol–water partition coefficient (Wildman–Crippen LogP) is 4.27. The minimum Gasteiger partial charge on any atom is -0.494 e. The van der Waals surface area contributed by atoms with E-state index in [0.29, 0.717) is 22.8 Å². The van der Waals surface area contributed by atoms with Crippen LogP contribution in [0.15, 0.2) is 42.5 Å². The molecule has 0 radical (unpaired) electrons. The first kappa shape index (κ1) is 17.7. The molecule has 2 aromatic carbocycles. The summed E-state index contributed by atoms with van der Waals surface area (Å²) in [4.78, 5) is 12.3. The Balaban J connectivity index is 1.60. The van der Waals surface area contributed by atoms with E-state index in [1.807, 2.05) is 6.07 Å². The van der Waals surface area contributed by atoms with Crippen LogP contribution in [0.3, 0.4) is 0 Å². The van der Waals surface area contributed by atoms with Gasteiger partial charge in [0.1, 0.15) is 5.75 Å². The number of alkyl halides is 1. The number of nitrogens with one attached hydrogen (secondary N) is 1. The lowest BCUT2D eigenvalue weighted by Crippen LogP contribution is -2.23. The van der Waals surface area contributed by atoms with E-state index < -0.39 is 5.82 Å². The van der Waals surface area contributed by atoms with E-state index in [4.69, 9.17) is 9.47 Å². The Morgan fingerprint density at radius 1 is 1.32 bits per heavy atom.